The summed E-state index contributed by atoms with van der Waals surface area (Å²) < 4.78 is 37.1. The molecule has 150 valence electrons. The summed E-state index contributed by atoms with van der Waals surface area (Å²) in [6.45, 7) is 1.78. The third-order valence-electron chi connectivity index (χ3n) is 5.71. The summed E-state index contributed by atoms with van der Waals surface area (Å²) in [4.78, 5) is 19.7. The minimum Gasteiger partial charge on any atom is -0.601 e. The monoisotopic (exact) mass is 423 g/mol. The van der Waals surface area contributed by atoms with Crippen LogP contribution in [0.1, 0.15) is 30.3 Å². The van der Waals surface area contributed by atoms with E-state index in [-0.39, 0.29) is 10.9 Å². The van der Waals surface area contributed by atoms with Crippen molar-refractivity contribution in [3.8, 4) is 0 Å². The number of amides is 1. The van der Waals surface area contributed by atoms with Crippen LogP contribution in [-0.4, -0.2) is 70.3 Å². The van der Waals surface area contributed by atoms with Crippen molar-refractivity contribution in [2.24, 2.45) is 0 Å². The fourth-order valence-electron chi connectivity index (χ4n) is 4.24. The average molecular weight is 424 g/mol. The van der Waals surface area contributed by atoms with Crippen LogP contribution in [0.25, 0.3) is 0 Å². The van der Waals surface area contributed by atoms with Crippen LogP contribution >= 0.6 is 0 Å². The van der Waals surface area contributed by atoms with E-state index in [4.69, 9.17) is 0 Å². The van der Waals surface area contributed by atoms with Crippen LogP contribution in [0.5, 0.6) is 0 Å². The standard InChI is InChI=1S/C17H21N5O4S2/c1-27(24)28(25,26)15-5-3-2-4-13(15)14-6-8-22(14)17(16-18-11-19-20-16)7-9-21(10-17)12-23/h2-5,11-12,14H,6-10H2,1H3,(H,18,19,20)/t14?,17-,27?/m0/s1. The fourth-order valence-corrected chi connectivity index (χ4v) is 6.44. The molecule has 1 amide bonds. The molecule has 2 aliphatic heterocycles. The van der Waals surface area contributed by atoms with Crippen molar-refractivity contribution >= 4 is 25.5 Å². The zero-order valence-corrected chi connectivity index (χ0v) is 16.9. The Morgan fingerprint density at radius 2 is 2.14 bits per heavy atom. The van der Waals surface area contributed by atoms with Crippen LogP contribution in [0.4, 0.5) is 0 Å². The molecule has 3 heterocycles. The molecule has 2 fully saturated rings. The highest BCUT2D eigenvalue weighted by atomic mass is 33.2. The minimum absolute atomic E-state index is 0.100. The van der Waals surface area contributed by atoms with E-state index in [0.29, 0.717) is 30.9 Å². The number of likely N-dealkylation sites (tertiary alicyclic amines) is 2. The first kappa shape index (κ1) is 19.4. The van der Waals surface area contributed by atoms with E-state index in [9.17, 15) is 17.8 Å². The van der Waals surface area contributed by atoms with Crippen molar-refractivity contribution in [2.75, 3.05) is 25.9 Å². The Balaban J connectivity index is 1.75. The van der Waals surface area contributed by atoms with Crippen LogP contribution in [0, 0.1) is 0 Å². The van der Waals surface area contributed by atoms with Crippen LogP contribution in [0.2, 0.25) is 0 Å². The number of nitrogens with zero attached hydrogens (tertiary/aromatic N) is 4. The van der Waals surface area contributed by atoms with Gasteiger partial charge in [0.15, 0.2) is 0 Å². The predicted octanol–water partition coefficient (Wildman–Crippen LogP) is 0.376. The molecule has 2 unspecified atom stereocenters. The van der Waals surface area contributed by atoms with Crippen LogP contribution in [0.3, 0.4) is 0 Å². The number of carbonyl (C=O) groups is 1. The van der Waals surface area contributed by atoms with Crippen molar-refractivity contribution in [3.05, 3.63) is 42.0 Å². The van der Waals surface area contributed by atoms with Crippen molar-refractivity contribution in [1.82, 2.24) is 25.0 Å². The Bertz CT molecular complexity index is 966. The lowest BCUT2D eigenvalue weighted by Crippen LogP contribution is -2.56. The molecule has 28 heavy (non-hydrogen) atoms. The van der Waals surface area contributed by atoms with Gasteiger partial charge in [-0.2, -0.15) is 13.5 Å². The number of H-pyrrole nitrogens is 1. The summed E-state index contributed by atoms with van der Waals surface area (Å²) in [6.07, 6.45) is 4.88. The second-order valence-electron chi connectivity index (χ2n) is 7.08. The van der Waals surface area contributed by atoms with Crippen molar-refractivity contribution < 1.29 is 17.8 Å². The van der Waals surface area contributed by atoms with E-state index in [1.807, 2.05) is 0 Å². The lowest BCUT2D eigenvalue weighted by Gasteiger charge is -2.51. The van der Waals surface area contributed by atoms with Gasteiger partial charge in [-0.05, 0) is 24.5 Å². The smallest absolute Gasteiger partial charge is 0.342 e. The van der Waals surface area contributed by atoms with Crippen LogP contribution in [0.15, 0.2) is 35.5 Å². The quantitative estimate of drug-likeness (QED) is 0.405. The SMILES string of the molecule is C[S+]([O-])S(=O)(=O)c1ccccc1C1CCN1[C@@]1(c2ncn[nH]2)CCN(C=O)C1. The van der Waals surface area contributed by atoms with Crippen LogP contribution in [-0.2, 0) is 29.4 Å². The molecule has 2 aliphatic rings. The Morgan fingerprint density at radius 1 is 1.36 bits per heavy atom. The highest BCUT2D eigenvalue weighted by molar-refractivity contribution is 8.66. The molecule has 9 nitrogen and oxygen atoms in total. The molecule has 0 aliphatic carbocycles. The van der Waals surface area contributed by atoms with Gasteiger partial charge in [0.1, 0.15) is 28.8 Å². The van der Waals surface area contributed by atoms with E-state index in [0.717, 1.165) is 19.4 Å². The number of benzene rings is 1. The summed E-state index contributed by atoms with van der Waals surface area (Å²) in [7, 11) is -5.94. The predicted molar refractivity (Wildman–Crippen MR) is 102 cm³/mol. The maximum Gasteiger partial charge on any atom is 0.342 e. The second-order valence-corrected chi connectivity index (χ2v) is 12.0. The van der Waals surface area contributed by atoms with Gasteiger partial charge in [-0.1, -0.05) is 18.2 Å². The van der Waals surface area contributed by atoms with Crippen molar-refractivity contribution in [2.45, 2.75) is 29.3 Å². The number of aromatic amines is 1. The Kier molecular flexibility index (Phi) is 4.94. The second kappa shape index (κ2) is 7.14. The third kappa shape index (κ3) is 2.93. The first-order valence-corrected chi connectivity index (χ1v) is 12.5. The molecular formula is C17H21N5O4S2. The number of rotatable bonds is 6. The highest BCUT2D eigenvalue weighted by Gasteiger charge is 2.53. The summed E-state index contributed by atoms with van der Waals surface area (Å²) in [5, 5.41) is 6.91. The zero-order chi connectivity index (χ0) is 19.9. The lowest BCUT2D eigenvalue weighted by molar-refractivity contribution is -0.118. The summed E-state index contributed by atoms with van der Waals surface area (Å²) >= 11 is 0. The molecule has 2 aromatic rings. The minimum atomic E-state index is -3.92. The van der Waals surface area contributed by atoms with Gasteiger partial charge in [0, 0.05) is 25.7 Å². The normalized spacial score (nSPS) is 26.8. The number of carbonyl (C=O) groups excluding carboxylic acids is 1. The molecule has 1 N–H and O–H groups in total. The molecule has 1 aromatic carbocycles. The van der Waals surface area contributed by atoms with Gasteiger partial charge in [0.25, 0.3) is 0 Å². The first-order valence-electron chi connectivity index (χ1n) is 8.90. The van der Waals surface area contributed by atoms with E-state index >= 15 is 0 Å². The highest BCUT2D eigenvalue weighted by Crippen LogP contribution is 2.48. The van der Waals surface area contributed by atoms with Crippen LogP contribution < -0.4 is 0 Å². The van der Waals surface area contributed by atoms with Gasteiger partial charge in [-0.25, -0.2) is 4.98 Å². The molecular weight excluding hydrogens is 402 g/mol. The zero-order valence-electron chi connectivity index (χ0n) is 15.3. The molecule has 0 saturated carbocycles. The fraction of sp³-hybridized carbons (Fsp3) is 0.471. The third-order valence-corrected chi connectivity index (χ3v) is 9.63. The van der Waals surface area contributed by atoms with Gasteiger partial charge < -0.3 is 9.45 Å². The Labute approximate surface area is 165 Å². The number of hydrogen-bond acceptors (Lipinski definition) is 7. The van der Waals surface area contributed by atoms with Gasteiger partial charge in [-0.15, -0.1) is 0 Å². The van der Waals surface area contributed by atoms with Crippen molar-refractivity contribution in [1.29, 1.82) is 0 Å². The summed E-state index contributed by atoms with van der Waals surface area (Å²) in [5.74, 6) is 0.668. The van der Waals surface area contributed by atoms with Gasteiger partial charge in [0.2, 0.25) is 6.41 Å². The topological polar surface area (TPSA) is 122 Å². The largest absolute Gasteiger partial charge is 0.601 e. The van der Waals surface area contributed by atoms with E-state index in [1.54, 1.807) is 23.1 Å². The molecule has 1 aromatic heterocycles. The Hall–Kier alpha value is -1.95. The van der Waals surface area contributed by atoms with Gasteiger partial charge in [0.05, 0.1) is 10.2 Å². The molecule has 0 radical (unpaired) electrons. The molecule has 4 rings (SSSR count). The molecule has 3 atom stereocenters. The number of hydrogen-bond donors (Lipinski definition) is 1. The van der Waals surface area contributed by atoms with E-state index < -0.39 is 24.6 Å². The summed E-state index contributed by atoms with van der Waals surface area (Å²) in [5.41, 5.74) is 0.0788. The molecule has 0 bridgehead atoms. The lowest BCUT2D eigenvalue weighted by atomic mass is 9.84. The maximum absolute atomic E-state index is 12.6. The number of nitrogens with one attached hydrogen (secondary N) is 1. The Morgan fingerprint density at radius 3 is 2.71 bits per heavy atom. The van der Waals surface area contributed by atoms with E-state index in [1.165, 1.54) is 18.6 Å². The first-order chi connectivity index (χ1) is 13.4. The average Bonchev–Trinajstić information content (AvgIpc) is 3.31. The molecule has 11 heteroatoms. The molecule has 0 spiro atoms. The van der Waals surface area contributed by atoms with Gasteiger partial charge in [-0.3, -0.25) is 14.8 Å². The maximum atomic E-state index is 12.6. The van der Waals surface area contributed by atoms with Gasteiger partial charge >= 0.3 is 8.87 Å². The van der Waals surface area contributed by atoms with Crippen molar-refractivity contribution in [3.63, 3.8) is 0 Å². The summed E-state index contributed by atoms with van der Waals surface area (Å²) in [6, 6.07) is 6.54. The van der Waals surface area contributed by atoms with E-state index in [2.05, 4.69) is 20.1 Å². The number of aromatic nitrogens is 3. The molecule has 2 saturated heterocycles.